The molecule has 2 heterocycles. The maximum absolute atomic E-state index is 8.50. The average molecular weight is 260 g/mol. The lowest BCUT2D eigenvalue weighted by Gasteiger charge is -2.21. The van der Waals surface area contributed by atoms with E-state index in [0.29, 0.717) is 0 Å². The van der Waals surface area contributed by atoms with Crippen LogP contribution in [0.1, 0.15) is 21.6 Å². The van der Waals surface area contributed by atoms with E-state index in [2.05, 4.69) is 0 Å². The van der Waals surface area contributed by atoms with Crippen molar-refractivity contribution >= 4 is 10.9 Å². The van der Waals surface area contributed by atoms with Gasteiger partial charge in [-0.05, 0) is 52.1 Å². The number of ether oxygens (including phenoxy) is 1. The minimum atomic E-state index is -1.46. The molecule has 0 unspecified atom stereocenters. The number of hydrogen-bond donors (Lipinski definition) is 0. The lowest BCUT2D eigenvalue weighted by Crippen LogP contribution is -2.28. The molecule has 19 heavy (non-hydrogen) atoms. The number of likely N-dealkylation sites (N-methyl/N-ethyl adjacent to an activating group) is 1. The Bertz CT molecular complexity index is 664. The minimum Gasteiger partial charge on any atom is -0.493 e. The lowest BCUT2D eigenvalue weighted by atomic mass is 10.0. The van der Waals surface area contributed by atoms with Crippen molar-refractivity contribution in [1.82, 2.24) is 9.47 Å². The normalized spacial score (nSPS) is 18.7. The van der Waals surface area contributed by atoms with Gasteiger partial charge in [0.05, 0.1) is 9.35 Å². The summed E-state index contributed by atoms with van der Waals surface area (Å²) in [5, 5.41) is 1.11. The van der Waals surface area contributed by atoms with Crippen LogP contribution in [0, 0.1) is 0 Å². The zero-order valence-corrected chi connectivity index (χ0v) is 11.8. The van der Waals surface area contributed by atoms with Crippen LogP contribution in [-0.2, 0) is 12.9 Å². The molecule has 3 rings (SSSR count). The largest absolute Gasteiger partial charge is 0.493 e. The summed E-state index contributed by atoms with van der Waals surface area (Å²) in [5.74, 6) is 0.952. The van der Waals surface area contributed by atoms with E-state index < -0.39 is 6.50 Å². The minimum absolute atomic E-state index is 0.222. The van der Waals surface area contributed by atoms with Crippen molar-refractivity contribution in [2.75, 3.05) is 20.7 Å². The third-order valence-electron chi connectivity index (χ3n) is 3.87. The van der Waals surface area contributed by atoms with Gasteiger partial charge in [-0.2, -0.15) is 0 Å². The van der Waals surface area contributed by atoms with E-state index in [1.54, 1.807) is 4.57 Å². The maximum atomic E-state index is 8.50. The molecule has 0 amide bonds. The number of fused-ring (bicyclic) bond motifs is 3. The predicted octanol–water partition coefficient (Wildman–Crippen LogP) is 2.92. The number of aryl methyl sites for hydroxylation is 1. The standard InChI is InChI=1S/C16H22N2O/c1-12(17(2)3)11-18-9-8-13-14-5-4-10-19-16(14)7-6-15(13)18/h6-9,12H,4-5,10-11H2,1-3H3/t12-/m1/s1/i11D2. The van der Waals surface area contributed by atoms with Gasteiger partial charge in [-0.25, -0.2) is 0 Å². The molecule has 1 aliphatic rings. The van der Waals surface area contributed by atoms with Crippen molar-refractivity contribution in [2.45, 2.75) is 32.3 Å². The van der Waals surface area contributed by atoms with Crippen LogP contribution in [0.5, 0.6) is 5.75 Å². The van der Waals surface area contributed by atoms with Crippen molar-refractivity contribution < 1.29 is 7.48 Å². The molecule has 1 atom stereocenters. The molecular formula is C16H22N2O. The molecular weight excluding hydrogens is 236 g/mol. The van der Waals surface area contributed by atoms with Crippen molar-refractivity contribution in [3.63, 3.8) is 0 Å². The Morgan fingerprint density at radius 3 is 3.05 bits per heavy atom. The zero-order valence-electron chi connectivity index (χ0n) is 13.8. The first-order valence-electron chi connectivity index (χ1n) is 7.85. The summed E-state index contributed by atoms with van der Waals surface area (Å²) >= 11 is 0. The SMILES string of the molecule is [2H]C([2H])([C@@H](C)N(C)C)n1ccc2c3c(ccc21)OCCC3. The number of rotatable bonds is 3. The molecule has 1 aromatic carbocycles. The quantitative estimate of drug-likeness (QED) is 0.844. The van der Waals surface area contributed by atoms with Crippen molar-refractivity contribution in [2.24, 2.45) is 0 Å². The fraction of sp³-hybridized carbons (Fsp3) is 0.500. The molecule has 0 fully saturated rings. The monoisotopic (exact) mass is 260 g/mol. The van der Waals surface area contributed by atoms with Gasteiger partial charge in [0.2, 0.25) is 0 Å². The molecule has 0 N–H and O–H groups in total. The van der Waals surface area contributed by atoms with Crippen molar-refractivity contribution in [1.29, 1.82) is 0 Å². The number of hydrogen-bond acceptors (Lipinski definition) is 2. The first-order chi connectivity index (χ1) is 9.93. The fourth-order valence-electron chi connectivity index (χ4n) is 2.51. The molecule has 3 nitrogen and oxygen atoms in total. The van der Waals surface area contributed by atoms with E-state index in [9.17, 15) is 0 Å². The highest BCUT2D eigenvalue weighted by atomic mass is 16.5. The second-order valence-electron chi connectivity index (χ2n) is 5.38. The molecule has 1 aromatic heterocycles. The summed E-state index contributed by atoms with van der Waals surface area (Å²) in [4.78, 5) is 1.91. The average Bonchev–Trinajstić information content (AvgIpc) is 2.91. The zero-order chi connectivity index (χ0) is 15.2. The molecule has 0 saturated carbocycles. The summed E-state index contributed by atoms with van der Waals surface area (Å²) in [7, 11) is 3.81. The highest BCUT2D eigenvalue weighted by Crippen LogP contribution is 2.32. The Balaban J connectivity index is 2.13. The van der Waals surface area contributed by atoms with Crippen molar-refractivity contribution in [3.8, 4) is 5.75 Å². The van der Waals surface area contributed by atoms with Gasteiger partial charge in [-0.3, -0.25) is 0 Å². The Kier molecular flexibility index (Phi) is 2.66. The van der Waals surface area contributed by atoms with E-state index in [1.165, 1.54) is 5.56 Å². The summed E-state index contributed by atoms with van der Waals surface area (Å²) in [5.41, 5.74) is 2.16. The van der Waals surface area contributed by atoms with Gasteiger partial charge < -0.3 is 14.2 Å². The lowest BCUT2D eigenvalue weighted by molar-refractivity contribution is 0.286. The van der Waals surface area contributed by atoms with E-state index in [-0.39, 0.29) is 6.04 Å². The van der Waals surface area contributed by atoms with Crippen LogP contribution in [-0.4, -0.2) is 36.2 Å². The fourth-order valence-corrected chi connectivity index (χ4v) is 2.51. The van der Waals surface area contributed by atoms with Gasteiger partial charge in [0.1, 0.15) is 5.75 Å². The van der Waals surface area contributed by atoms with Crippen LogP contribution < -0.4 is 4.74 Å². The second kappa shape index (κ2) is 4.89. The Hall–Kier alpha value is -1.48. The number of benzene rings is 1. The first kappa shape index (κ1) is 10.3. The van der Waals surface area contributed by atoms with Crippen LogP contribution in [0.25, 0.3) is 10.9 Å². The smallest absolute Gasteiger partial charge is 0.123 e. The summed E-state index contributed by atoms with van der Waals surface area (Å²) in [6.07, 6.45) is 3.89. The highest BCUT2D eigenvalue weighted by molar-refractivity contribution is 5.86. The molecule has 2 aromatic rings. The summed E-state index contributed by atoms with van der Waals surface area (Å²) in [6, 6.07) is 5.74. The van der Waals surface area contributed by atoms with Gasteiger partial charge in [0, 0.05) is 35.2 Å². The van der Waals surface area contributed by atoms with Gasteiger partial charge >= 0.3 is 0 Å². The second-order valence-corrected chi connectivity index (χ2v) is 5.38. The number of nitrogens with zero attached hydrogens (tertiary/aromatic N) is 2. The van der Waals surface area contributed by atoms with Gasteiger partial charge in [0.25, 0.3) is 0 Å². The van der Waals surface area contributed by atoms with Crippen LogP contribution in [0.4, 0.5) is 0 Å². The highest BCUT2D eigenvalue weighted by Gasteiger charge is 2.16. The molecule has 0 radical (unpaired) electrons. The Morgan fingerprint density at radius 2 is 2.26 bits per heavy atom. The van der Waals surface area contributed by atoms with Gasteiger partial charge in [-0.15, -0.1) is 0 Å². The summed E-state index contributed by atoms with van der Waals surface area (Å²) in [6.45, 7) is 1.22. The number of aromatic nitrogens is 1. The molecule has 0 aliphatic carbocycles. The molecule has 1 aliphatic heterocycles. The van der Waals surface area contributed by atoms with Crippen LogP contribution in [0.3, 0.4) is 0 Å². The van der Waals surface area contributed by atoms with Crippen LogP contribution in [0.15, 0.2) is 24.4 Å². The third-order valence-corrected chi connectivity index (χ3v) is 3.87. The molecule has 0 saturated heterocycles. The van der Waals surface area contributed by atoms with Crippen molar-refractivity contribution in [3.05, 3.63) is 30.0 Å². The third kappa shape index (κ3) is 2.23. The molecule has 0 spiro atoms. The molecule has 0 bridgehead atoms. The van der Waals surface area contributed by atoms with E-state index >= 15 is 0 Å². The molecule has 102 valence electrons. The van der Waals surface area contributed by atoms with Gasteiger partial charge in [-0.1, -0.05) is 0 Å². The van der Waals surface area contributed by atoms with E-state index in [4.69, 9.17) is 7.48 Å². The van der Waals surface area contributed by atoms with E-state index in [0.717, 1.165) is 36.1 Å². The maximum Gasteiger partial charge on any atom is 0.123 e. The van der Waals surface area contributed by atoms with E-state index in [1.807, 2.05) is 50.3 Å². The Labute approximate surface area is 117 Å². The molecule has 3 heteroatoms. The van der Waals surface area contributed by atoms with Crippen LogP contribution in [0.2, 0.25) is 0 Å². The van der Waals surface area contributed by atoms with Gasteiger partial charge in [0.15, 0.2) is 0 Å². The Morgan fingerprint density at radius 1 is 1.42 bits per heavy atom. The predicted molar refractivity (Wildman–Crippen MR) is 78.9 cm³/mol. The topological polar surface area (TPSA) is 17.4 Å². The summed E-state index contributed by atoms with van der Waals surface area (Å²) < 4.78 is 24.5. The van der Waals surface area contributed by atoms with Crippen LogP contribution >= 0.6 is 0 Å². The first-order valence-corrected chi connectivity index (χ1v) is 6.85.